The van der Waals surface area contributed by atoms with Crippen molar-refractivity contribution >= 4 is 0 Å². The van der Waals surface area contributed by atoms with Gasteiger partial charge in [0.1, 0.15) is 0 Å². The van der Waals surface area contributed by atoms with Crippen LogP contribution in [0.1, 0.15) is 11.6 Å². The molecule has 12 heavy (non-hydrogen) atoms. The first kappa shape index (κ1) is 8.74. The number of pyridine rings is 1. The van der Waals surface area contributed by atoms with Crippen LogP contribution in [-0.4, -0.2) is 12.1 Å². The van der Waals surface area contributed by atoms with Crippen molar-refractivity contribution in [2.24, 2.45) is 5.73 Å². The van der Waals surface area contributed by atoms with Gasteiger partial charge in [0.25, 0.3) is 0 Å². The van der Waals surface area contributed by atoms with Gasteiger partial charge >= 0.3 is 0 Å². The molecule has 0 aromatic carbocycles. The van der Waals surface area contributed by atoms with Gasteiger partial charge in [0.05, 0.1) is 7.11 Å². The van der Waals surface area contributed by atoms with E-state index in [0.29, 0.717) is 5.88 Å². The zero-order valence-corrected chi connectivity index (χ0v) is 7.03. The van der Waals surface area contributed by atoms with Gasteiger partial charge in [0.15, 0.2) is 0 Å². The molecule has 0 spiro atoms. The molecule has 0 bridgehead atoms. The van der Waals surface area contributed by atoms with Gasteiger partial charge in [0, 0.05) is 18.3 Å². The summed E-state index contributed by atoms with van der Waals surface area (Å²) in [6.45, 7) is 3.60. The van der Waals surface area contributed by atoms with Gasteiger partial charge in [-0.25, -0.2) is 4.98 Å². The number of aromatic nitrogens is 1. The minimum Gasteiger partial charge on any atom is -0.481 e. The average Bonchev–Trinajstić information content (AvgIpc) is 2.17. The van der Waals surface area contributed by atoms with Crippen molar-refractivity contribution in [1.82, 2.24) is 4.98 Å². The van der Waals surface area contributed by atoms with E-state index >= 15 is 0 Å². The third-order valence-electron chi connectivity index (χ3n) is 1.61. The zero-order chi connectivity index (χ0) is 8.97. The lowest BCUT2D eigenvalue weighted by molar-refractivity contribution is 0.397. The maximum absolute atomic E-state index is 5.69. The van der Waals surface area contributed by atoms with Crippen LogP contribution in [0.3, 0.4) is 0 Å². The molecule has 64 valence electrons. The van der Waals surface area contributed by atoms with Gasteiger partial charge in [-0.05, 0) is 5.56 Å². The molecular weight excluding hydrogens is 152 g/mol. The first-order valence-electron chi connectivity index (χ1n) is 3.66. The SMILES string of the molecule is C=C[C@@H](N)c1ccc(OC)nc1. The fraction of sp³-hybridized carbons (Fsp3) is 0.222. The highest BCUT2D eigenvalue weighted by Gasteiger charge is 2.00. The van der Waals surface area contributed by atoms with Crippen molar-refractivity contribution in [3.8, 4) is 5.88 Å². The Morgan fingerprint density at radius 3 is 2.83 bits per heavy atom. The molecule has 1 heterocycles. The molecule has 1 aromatic rings. The molecule has 1 rings (SSSR count). The van der Waals surface area contributed by atoms with Crippen molar-refractivity contribution in [1.29, 1.82) is 0 Å². The van der Waals surface area contributed by atoms with Crippen LogP contribution in [-0.2, 0) is 0 Å². The van der Waals surface area contributed by atoms with E-state index in [-0.39, 0.29) is 6.04 Å². The van der Waals surface area contributed by atoms with E-state index in [0.717, 1.165) is 5.56 Å². The summed E-state index contributed by atoms with van der Waals surface area (Å²) in [5.41, 5.74) is 6.62. The van der Waals surface area contributed by atoms with Crippen molar-refractivity contribution in [2.75, 3.05) is 7.11 Å². The van der Waals surface area contributed by atoms with E-state index < -0.39 is 0 Å². The molecule has 3 heteroatoms. The molecule has 0 saturated carbocycles. The molecule has 3 nitrogen and oxygen atoms in total. The number of nitrogens with two attached hydrogens (primary N) is 1. The van der Waals surface area contributed by atoms with Crippen LogP contribution in [0.4, 0.5) is 0 Å². The van der Waals surface area contributed by atoms with Gasteiger partial charge in [-0.3, -0.25) is 0 Å². The van der Waals surface area contributed by atoms with Crippen LogP contribution < -0.4 is 10.5 Å². The van der Waals surface area contributed by atoms with Crippen molar-refractivity contribution < 1.29 is 4.74 Å². The average molecular weight is 164 g/mol. The number of hydrogen-bond acceptors (Lipinski definition) is 3. The van der Waals surface area contributed by atoms with Gasteiger partial charge in [-0.15, -0.1) is 6.58 Å². The Kier molecular flexibility index (Phi) is 2.82. The molecule has 2 N–H and O–H groups in total. The van der Waals surface area contributed by atoms with E-state index in [9.17, 15) is 0 Å². The Bertz CT molecular complexity index is 256. The lowest BCUT2D eigenvalue weighted by Gasteiger charge is -2.05. The van der Waals surface area contributed by atoms with E-state index in [1.54, 1.807) is 25.4 Å². The first-order valence-corrected chi connectivity index (χ1v) is 3.66. The summed E-state index contributed by atoms with van der Waals surface area (Å²) in [7, 11) is 1.58. The number of hydrogen-bond donors (Lipinski definition) is 1. The molecule has 0 amide bonds. The normalized spacial score (nSPS) is 12.2. The third-order valence-corrected chi connectivity index (χ3v) is 1.61. The summed E-state index contributed by atoms with van der Waals surface area (Å²) in [4.78, 5) is 4.02. The second kappa shape index (κ2) is 3.88. The van der Waals surface area contributed by atoms with Gasteiger partial charge in [0.2, 0.25) is 5.88 Å². The van der Waals surface area contributed by atoms with Crippen LogP contribution in [0.15, 0.2) is 31.0 Å². The van der Waals surface area contributed by atoms with Crippen LogP contribution in [0.5, 0.6) is 5.88 Å². The topological polar surface area (TPSA) is 48.1 Å². The van der Waals surface area contributed by atoms with E-state index in [1.807, 2.05) is 6.07 Å². The van der Waals surface area contributed by atoms with Crippen LogP contribution in [0, 0.1) is 0 Å². The molecule has 0 radical (unpaired) electrons. The predicted molar refractivity (Wildman–Crippen MR) is 47.9 cm³/mol. The van der Waals surface area contributed by atoms with Crippen molar-refractivity contribution in [3.63, 3.8) is 0 Å². The summed E-state index contributed by atoms with van der Waals surface area (Å²) in [6, 6.07) is 3.50. The van der Waals surface area contributed by atoms with E-state index in [2.05, 4.69) is 11.6 Å². The smallest absolute Gasteiger partial charge is 0.212 e. The van der Waals surface area contributed by atoms with Crippen LogP contribution >= 0.6 is 0 Å². The molecule has 0 unspecified atom stereocenters. The van der Waals surface area contributed by atoms with Crippen LogP contribution in [0.25, 0.3) is 0 Å². The predicted octanol–water partition coefficient (Wildman–Crippen LogP) is 1.28. The molecule has 0 aliphatic carbocycles. The zero-order valence-electron chi connectivity index (χ0n) is 7.03. The summed E-state index contributed by atoms with van der Waals surface area (Å²) in [5.74, 6) is 0.593. The molecule has 1 aromatic heterocycles. The third kappa shape index (κ3) is 1.83. The summed E-state index contributed by atoms with van der Waals surface area (Å²) in [6.07, 6.45) is 3.36. The highest BCUT2D eigenvalue weighted by atomic mass is 16.5. The number of rotatable bonds is 3. The lowest BCUT2D eigenvalue weighted by atomic mass is 10.1. The fourth-order valence-corrected chi connectivity index (χ4v) is 0.846. The summed E-state index contributed by atoms with van der Waals surface area (Å²) < 4.78 is 4.90. The molecular formula is C9H12N2O. The molecule has 0 aliphatic rings. The maximum atomic E-state index is 5.69. The molecule has 1 atom stereocenters. The highest BCUT2D eigenvalue weighted by molar-refractivity contribution is 5.22. The molecule has 0 fully saturated rings. The van der Waals surface area contributed by atoms with Crippen LogP contribution in [0.2, 0.25) is 0 Å². The Hall–Kier alpha value is -1.35. The van der Waals surface area contributed by atoms with Gasteiger partial charge < -0.3 is 10.5 Å². The van der Waals surface area contributed by atoms with E-state index in [4.69, 9.17) is 10.5 Å². The minimum absolute atomic E-state index is 0.150. The van der Waals surface area contributed by atoms with E-state index in [1.165, 1.54) is 0 Å². The lowest BCUT2D eigenvalue weighted by Crippen LogP contribution is -2.06. The Morgan fingerprint density at radius 1 is 1.67 bits per heavy atom. The van der Waals surface area contributed by atoms with Crippen molar-refractivity contribution in [3.05, 3.63) is 36.5 Å². The fourth-order valence-electron chi connectivity index (χ4n) is 0.846. The standard InChI is InChI=1S/C9H12N2O/c1-3-8(10)7-4-5-9(12-2)11-6-7/h3-6,8H,1,10H2,2H3/t8-/m1/s1. The Morgan fingerprint density at radius 2 is 2.42 bits per heavy atom. The Balaban J connectivity index is 2.84. The monoisotopic (exact) mass is 164 g/mol. The van der Waals surface area contributed by atoms with Gasteiger partial charge in [-0.1, -0.05) is 12.1 Å². The molecule has 0 saturated heterocycles. The number of ether oxygens (including phenoxy) is 1. The highest BCUT2D eigenvalue weighted by Crippen LogP contribution is 2.12. The second-order valence-electron chi connectivity index (χ2n) is 2.40. The Labute approximate surface area is 71.9 Å². The maximum Gasteiger partial charge on any atom is 0.212 e. The van der Waals surface area contributed by atoms with Crippen molar-refractivity contribution in [2.45, 2.75) is 6.04 Å². The minimum atomic E-state index is -0.150. The molecule has 0 aliphatic heterocycles. The summed E-state index contributed by atoms with van der Waals surface area (Å²) in [5, 5.41) is 0. The number of methoxy groups -OCH3 is 1. The first-order chi connectivity index (χ1) is 5.77. The second-order valence-corrected chi connectivity index (χ2v) is 2.40. The number of nitrogens with zero attached hydrogens (tertiary/aromatic N) is 1. The largest absolute Gasteiger partial charge is 0.481 e. The summed E-state index contributed by atoms with van der Waals surface area (Å²) >= 11 is 0. The quantitative estimate of drug-likeness (QED) is 0.684. The van der Waals surface area contributed by atoms with Gasteiger partial charge in [-0.2, -0.15) is 0 Å².